The molecule has 2 heterocycles. The highest BCUT2D eigenvalue weighted by Crippen LogP contribution is 2.33. The Morgan fingerprint density at radius 1 is 0.846 bits per heavy atom. The second-order valence-corrected chi connectivity index (χ2v) is 11.8. The third-order valence-electron chi connectivity index (χ3n) is 7.43. The number of rotatable bonds is 10. The van der Waals surface area contributed by atoms with Crippen LogP contribution < -0.4 is 19.1 Å². The Labute approximate surface area is 231 Å². The minimum absolute atomic E-state index is 0.0715. The SMILES string of the molecule is COc1cc(OC)cc(N2CCN(C(=O)COCC3CCCN3S(=O)(=O)c3c(C)cc(OC)cc3C)CC2)c1. The van der Waals surface area contributed by atoms with Crippen molar-refractivity contribution in [2.75, 3.05) is 72.2 Å². The maximum absolute atomic E-state index is 13.6. The standard InChI is InChI=1S/C28H39N3O7S/c1-20-13-24(35-3)14-21(2)28(20)39(33,34)31-8-6-7-22(31)18-38-19-27(32)30-11-9-29(10-12-30)23-15-25(36-4)17-26(16-23)37-5/h13-17,22H,6-12,18-19H2,1-5H3. The third kappa shape index (κ3) is 6.42. The van der Waals surface area contributed by atoms with Crippen LogP contribution in [0.15, 0.2) is 35.2 Å². The van der Waals surface area contributed by atoms with Crippen LogP contribution in [0.5, 0.6) is 17.2 Å². The molecular weight excluding hydrogens is 522 g/mol. The molecule has 1 amide bonds. The van der Waals surface area contributed by atoms with E-state index < -0.39 is 10.0 Å². The van der Waals surface area contributed by atoms with Crippen LogP contribution in [0.3, 0.4) is 0 Å². The van der Waals surface area contributed by atoms with Crippen molar-refractivity contribution in [3.05, 3.63) is 41.5 Å². The van der Waals surface area contributed by atoms with Crippen LogP contribution in [-0.4, -0.2) is 96.8 Å². The highest BCUT2D eigenvalue weighted by molar-refractivity contribution is 7.89. The van der Waals surface area contributed by atoms with Gasteiger partial charge in [0.25, 0.3) is 0 Å². The van der Waals surface area contributed by atoms with Crippen LogP contribution in [0.1, 0.15) is 24.0 Å². The monoisotopic (exact) mass is 561 g/mol. The summed E-state index contributed by atoms with van der Waals surface area (Å²) in [7, 11) is 1.10. The lowest BCUT2D eigenvalue weighted by atomic mass is 10.1. The Bertz CT molecular complexity index is 1230. The maximum Gasteiger partial charge on any atom is 0.248 e. The number of carbonyl (C=O) groups is 1. The molecule has 10 nitrogen and oxygen atoms in total. The second kappa shape index (κ2) is 12.4. The first-order valence-corrected chi connectivity index (χ1v) is 14.6. The summed E-state index contributed by atoms with van der Waals surface area (Å²) in [5.41, 5.74) is 2.29. The van der Waals surface area contributed by atoms with Gasteiger partial charge in [0.15, 0.2) is 0 Å². The molecule has 2 aliphatic rings. The smallest absolute Gasteiger partial charge is 0.248 e. The van der Waals surface area contributed by atoms with Gasteiger partial charge < -0.3 is 28.7 Å². The molecule has 2 saturated heterocycles. The first-order valence-electron chi connectivity index (χ1n) is 13.2. The Balaban J connectivity index is 1.31. The van der Waals surface area contributed by atoms with Crippen LogP contribution in [0.4, 0.5) is 5.69 Å². The van der Waals surface area contributed by atoms with Crippen molar-refractivity contribution in [1.29, 1.82) is 0 Å². The number of benzene rings is 2. The van der Waals surface area contributed by atoms with Crippen molar-refractivity contribution in [3.8, 4) is 17.2 Å². The molecular formula is C28H39N3O7S. The molecule has 0 spiro atoms. The van der Waals surface area contributed by atoms with Crippen LogP contribution >= 0.6 is 0 Å². The quantitative estimate of drug-likeness (QED) is 0.437. The molecule has 214 valence electrons. The van der Waals surface area contributed by atoms with Gasteiger partial charge in [0.1, 0.15) is 23.9 Å². The lowest BCUT2D eigenvalue weighted by Crippen LogP contribution is -2.50. The summed E-state index contributed by atoms with van der Waals surface area (Å²) in [6.07, 6.45) is 1.46. The predicted molar refractivity (Wildman–Crippen MR) is 149 cm³/mol. The highest BCUT2D eigenvalue weighted by Gasteiger charge is 2.37. The van der Waals surface area contributed by atoms with E-state index in [0.717, 1.165) is 23.6 Å². The molecule has 0 N–H and O–H groups in total. The number of amides is 1. The van der Waals surface area contributed by atoms with E-state index >= 15 is 0 Å². The van der Waals surface area contributed by atoms with E-state index in [4.69, 9.17) is 18.9 Å². The van der Waals surface area contributed by atoms with E-state index in [2.05, 4.69) is 4.90 Å². The van der Waals surface area contributed by atoms with Gasteiger partial charge in [-0.25, -0.2) is 8.42 Å². The second-order valence-electron chi connectivity index (χ2n) is 9.96. The number of piperazine rings is 1. The van der Waals surface area contributed by atoms with Crippen molar-refractivity contribution in [2.45, 2.75) is 37.6 Å². The van der Waals surface area contributed by atoms with Gasteiger partial charge in [0.05, 0.1) is 32.8 Å². The minimum atomic E-state index is -3.71. The van der Waals surface area contributed by atoms with E-state index in [9.17, 15) is 13.2 Å². The van der Waals surface area contributed by atoms with Crippen LogP contribution in [0.25, 0.3) is 0 Å². The number of nitrogens with zero attached hydrogens (tertiary/aromatic N) is 3. The molecule has 0 aliphatic carbocycles. The number of carbonyl (C=O) groups excluding carboxylic acids is 1. The van der Waals surface area contributed by atoms with Gasteiger partial charge in [-0.3, -0.25) is 4.79 Å². The molecule has 0 radical (unpaired) electrons. The Kier molecular flexibility index (Phi) is 9.24. The van der Waals surface area contributed by atoms with Gasteiger partial charge in [-0.05, 0) is 49.9 Å². The molecule has 1 unspecified atom stereocenters. The van der Waals surface area contributed by atoms with Crippen LogP contribution in [0, 0.1) is 13.8 Å². The van der Waals surface area contributed by atoms with Crippen molar-refractivity contribution < 1.29 is 32.2 Å². The number of sulfonamides is 1. The largest absolute Gasteiger partial charge is 0.497 e. The fourth-order valence-electron chi connectivity index (χ4n) is 5.41. The summed E-state index contributed by atoms with van der Waals surface area (Å²) >= 11 is 0. The number of methoxy groups -OCH3 is 3. The van der Waals surface area contributed by atoms with E-state index in [-0.39, 0.29) is 25.2 Å². The molecule has 2 aromatic rings. The Morgan fingerprint density at radius 2 is 1.41 bits per heavy atom. The maximum atomic E-state index is 13.6. The van der Waals surface area contributed by atoms with Crippen molar-refractivity contribution >= 4 is 21.6 Å². The van der Waals surface area contributed by atoms with Crippen molar-refractivity contribution in [3.63, 3.8) is 0 Å². The topological polar surface area (TPSA) is 97.9 Å². The van der Waals surface area contributed by atoms with Crippen molar-refractivity contribution in [1.82, 2.24) is 9.21 Å². The number of ether oxygens (including phenoxy) is 4. The van der Waals surface area contributed by atoms with Crippen LogP contribution in [-0.2, 0) is 19.6 Å². The molecule has 0 aromatic heterocycles. The molecule has 2 aromatic carbocycles. The molecule has 2 fully saturated rings. The Hall–Kier alpha value is -3.02. The van der Waals surface area contributed by atoms with E-state index in [0.29, 0.717) is 60.9 Å². The van der Waals surface area contributed by atoms with Gasteiger partial charge >= 0.3 is 0 Å². The number of aryl methyl sites for hydroxylation is 2. The zero-order valence-electron chi connectivity index (χ0n) is 23.4. The fourth-order valence-corrected chi connectivity index (χ4v) is 7.50. The molecule has 0 bridgehead atoms. The number of hydrogen-bond donors (Lipinski definition) is 0. The first kappa shape index (κ1) is 29.0. The molecule has 4 rings (SSSR count). The van der Waals surface area contributed by atoms with Gasteiger partial charge in [0.2, 0.25) is 15.9 Å². The lowest BCUT2D eigenvalue weighted by molar-refractivity contribution is -0.136. The highest BCUT2D eigenvalue weighted by atomic mass is 32.2. The molecule has 0 saturated carbocycles. The average molecular weight is 562 g/mol. The van der Waals surface area contributed by atoms with Crippen molar-refractivity contribution in [2.24, 2.45) is 0 Å². The molecule has 2 aliphatic heterocycles. The normalized spacial score (nSPS) is 18.3. The van der Waals surface area contributed by atoms with E-state index in [1.807, 2.05) is 18.2 Å². The van der Waals surface area contributed by atoms with Gasteiger partial charge in [-0.1, -0.05) is 0 Å². The summed E-state index contributed by atoms with van der Waals surface area (Å²) in [6, 6.07) is 8.92. The number of anilines is 1. The third-order valence-corrected chi connectivity index (χ3v) is 9.69. The summed E-state index contributed by atoms with van der Waals surface area (Å²) in [5.74, 6) is 1.98. The zero-order valence-corrected chi connectivity index (χ0v) is 24.3. The van der Waals surface area contributed by atoms with Gasteiger partial charge in [-0.15, -0.1) is 0 Å². The summed E-state index contributed by atoms with van der Waals surface area (Å²) in [4.78, 5) is 17.2. The summed E-state index contributed by atoms with van der Waals surface area (Å²) in [5, 5.41) is 0. The molecule has 39 heavy (non-hydrogen) atoms. The fraction of sp³-hybridized carbons (Fsp3) is 0.536. The lowest BCUT2D eigenvalue weighted by Gasteiger charge is -2.36. The Morgan fingerprint density at radius 3 is 1.97 bits per heavy atom. The zero-order chi connectivity index (χ0) is 28.2. The summed E-state index contributed by atoms with van der Waals surface area (Å²) in [6.45, 7) is 6.62. The van der Waals surface area contributed by atoms with E-state index in [1.165, 1.54) is 4.31 Å². The minimum Gasteiger partial charge on any atom is -0.497 e. The first-order chi connectivity index (χ1) is 18.7. The van der Waals surface area contributed by atoms with Gasteiger partial charge in [0, 0.05) is 62.7 Å². The van der Waals surface area contributed by atoms with Gasteiger partial charge in [-0.2, -0.15) is 4.31 Å². The molecule has 11 heteroatoms. The van der Waals surface area contributed by atoms with Crippen LogP contribution in [0.2, 0.25) is 0 Å². The van der Waals surface area contributed by atoms with E-state index in [1.54, 1.807) is 52.2 Å². The average Bonchev–Trinajstić information content (AvgIpc) is 3.41. The predicted octanol–water partition coefficient (Wildman–Crippen LogP) is 2.85. The number of hydrogen-bond acceptors (Lipinski definition) is 8. The molecule has 1 atom stereocenters. The summed E-state index contributed by atoms with van der Waals surface area (Å²) < 4.78 is 50.5.